The maximum absolute atomic E-state index is 13.3. The van der Waals surface area contributed by atoms with Crippen molar-refractivity contribution >= 4 is 89.0 Å². The fraction of sp³-hybridized carbons (Fsp3) is 0.143. The minimum Gasteiger partial charge on any atom is -0.319 e. The van der Waals surface area contributed by atoms with E-state index in [0.717, 1.165) is 32.4 Å². The fourth-order valence-corrected chi connectivity index (χ4v) is 5.97. The van der Waals surface area contributed by atoms with Crippen LogP contribution in [-0.2, 0) is 0 Å². The molecule has 150 valence electrons. The number of rotatable bonds is 4. The summed E-state index contributed by atoms with van der Waals surface area (Å²) in [6, 6.07) is 5.54. The number of carbonyl (C=O) groups excluding carboxylic acids is 1. The molecule has 30 heavy (non-hydrogen) atoms. The predicted molar refractivity (Wildman–Crippen MR) is 128 cm³/mol. The average Bonchev–Trinajstić information content (AvgIpc) is 3.49. The molecule has 5 aromatic heterocycles. The average molecular weight is 453 g/mol. The highest BCUT2D eigenvalue weighted by Gasteiger charge is 2.19. The zero-order valence-electron chi connectivity index (χ0n) is 16.1. The first-order chi connectivity index (χ1) is 14.6. The molecule has 0 fully saturated rings. The molecule has 0 aliphatic heterocycles. The van der Waals surface area contributed by atoms with Gasteiger partial charge in [-0.15, -0.1) is 34.0 Å². The first-order valence-corrected chi connectivity index (χ1v) is 11.9. The maximum Gasteiger partial charge on any atom is 0.274 e. The molecule has 0 saturated heterocycles. The van der Waals surface area contributed by atoms with E-state index in [9.17, 15) is 9.59 Å². The molecule has 0 spiro atoms. The SMILES string of the molecule is CC=Nc1sccc1NC(=O)c1cc2/c(=C\CC)c3nc4sccc4n3c(=O)c2s1. The molecule has 9 heteroatoms. The van der Waals surface area contributed by atoms with Crippen LogP contribution in [0.25, 0.3) is 32.2 Å². The lowest BCUT2D eigenvalue weighted by Crippen LogP contribution is -2.19. The number of aromatic nitrogens is 2. The van der Waals surface area contributed by atoms with Crippen LogP contribution < -0.4 is 16.1 Å². The van der Waals surface area contributed by atoms with E-state index in [0.29, 0.717) is 20.9 Å². The van der Waals surface area contributed by atoms with Gasteiger partial charge in [0.25, 0.3) is 11.5 Å². The van der Waals surface area contributed by atoms with Gasteiger partial charge >= 0.3 is 0 Å². The molecule has 5 rings (SSSR count). The normalized spacial score (nSPS) is 12.8. The van der Waals surface area contributed by atoms with E-state index < -0.39 is 0 Å². The zero-order chi connectivity index (χ0) is 20.8. The van der Waals surface area contributed by atoms with Crippen molar-refractivity contribution in [3.63, 3.8) is 0 Å². The van der Waals surface area contributed by atoms with E-state index in [1.807, 2.05) is 36.7 Å². The summed E-state index contributed by atoms with van der Waals surface area (Å²) in [6.45, 7) is 3.88. The molecular formula is C21H16N4O2S3. The van der Waals surface area contributed by atoms with Gasteiger partial charge in [-0.05, 0) is 42.3 Å². The van der Waals surface area contributed by atoms with E-state index in [1.165, 1.54) is 34.0 Å². The van der Waals surface area contributed by atoms with Gasteiger partial charge in [0.15, 0.2) is 0 Å². The van der Waals surface area contributed by atoms with E-state index in [4.69, 9.17) is 4.98 Å². The zero-order valence-corrected chi connectivity index (χ0v) is 18.6. The summed E-state index contributed by atoms with van der Waals surface area (Å²) >= 11 is 4.19. The van der Waals surface area contributed by atoms with Gasteiger partial charge in [-0.25, -0.2) is 9.98 Å². The quantitative estimate of drug-likeness (QED) is 0.387. The van der Waals surface area contributed by atoms with Crippen LogP contribution in [0, 0.1) is 0 Å². The monoisotopic (exact) mass is 452 g/mol. The van der Waals surface area contributed by atoms with Crippen LogP contribution in [0.3, 0.4) is 0 Å². The van der Waals surface area contributed by atoms with E-state index in [-0.39, 0.29) is 11.5 Å². The molecule has 0 saturated carbocycles. The summed E-state index contributed by atoms with van der Waals surface area (Å²) in [5.41, 5.74) is 1.99. The van der Waals surface area contributed by atoms with Gasteiger partial charge < -0.3 is 5.32 Å². The summed E-state index contributed by atoms with van der Waals surface area (Å²) in [6.07, 6.45) is 4.56. The molecule has 5 aromatic rings. The second-order valence-electron chi connectivity index (χ2n) is 6.55. The number of anilines is 1. The molecule has 5 heterocycles. The molecule has 0 radical (unpaired) electrons. The van der Waals surface area contributed by atoms with Gasteiger partial charge in [0.05, 0.1) is 16.1 Å². The first-order valence-electron chi connectivity index (χ1n) is 9.35. The summed E-state index contributed by atoms with van der Waals surface area (Å²) in [5.74, 6) is -0.248. The van der Waals surface area contributed by atoms with Gasteiger partial charge in [-0.1, -0.05) is 13.0 Å². The van der Waals surface area contributed by atoms with Crippen LogP contribution >= 0.6 is 34.0 Å². The Hall–Kier alpha value is -2.88. The molecule has 0 aliphatic carbocycles. The second-order valence-corrected chi connectivity index (χ2v) is 9.39. The van der Waals surface area contributed by atoms with Gasteiger partial charge in [-0.3, -0.25) is 14.0 Å². The highest BCUT2D eigenvalue weighted by atomic mass is 32.1. The Morgan fingerprint density at radius 3 is 2.93 bits per heavy atom. The van der Waals surface area contributed by atoms with Crippen LogP contribution in [0.15, 0.2) is 38.7 Å². The van der Waals surface area contributed by atoms with E-state index in [2.05, 4.69) is 16.4 Å². The van der Waals surface area contributed by atoms with Crippen molar-refractivity contribution in [3.05, 3.63) is 49.4 Å². The van der Waals surface area contributed by atoms with Gasteiger partial charge in [0, 0.05) is 16.8 Å². The smallest absolute Gasteiger partial charge is 0.274 e. The number of thiophene rings is 3. The molecule has 0 aromatic carbocycles. The minimum absolute atomic E-state index is 0.134. The molecule has 6 nitrogen and oxygen atoms in total. The number of pyridine rings is 1. The lowest BCUT2D eigenvalue weighted by atomic mass is 10.2. The number of carbonyl (C=O) groups is 1. The predicted octanol–water partition coefficient (Wildman–Crippen LogP) is 5.07. The van der Waals surface area contributed by atoms with Crippen LogP contribution in [0.1, 0.15) is 29.9 Å². The summed E-state index contributed by atoms with van der Waals surface area (Å²) in [7, 11) is 0. The number of fused-ring (bicyclic) bond motifs is 4. The Morgan fingerprint density at radius 1 is 1.30 bits per heavy atom. The Kier molecular flexibility index (Phi) is 4.73. The number of hydrogen-bond donors (Lipinski definition) is 1. The standard InChI is InChI=1S/C21H16N4O2S3/c1-3-5-11-12-10-15(18(26)23-13-6-8-28-19(13)22-4-2)30-16(12)21(27)25-14-7-9-29-20(14)24-17(11)25/h4-10H,3H2,1-2H3,(H,23,26)/b11-5+,22-4?. The number of imidazole rings is 1. The molecule has 1 amide bonds. The van der Waals surface area contributed by atoms with Crippen molar-refractivity contribution in [2.45, 2.75) is 20.3 Å². The van der Waals surface area contributed by atoms with Crippen molar-refractivity contribution in [1.29, 1.82) is 0 Å². The third-order valence-corrected chi connectivity index (χ3v) is 7.46. The molecule has 0 atom stereocenters. The van der Waals surface area contributed by atoms with Crippen molar-refractivity contribution in [2.24, 2.45) is 4.99 Å². The third kappa shape index (κ3) is 2.89. The Balaban J connectivity index is 1.70. The van der Waals surface area contributed by atoms with Gasteiger partial charge in [0.2, 0.25) is 0 Å². The number of nitrogens with one attached hydrogen (secondary N) is 1. The van der Waals surface area contributed by atoms with E-state index in [1.54, 1.807) is 16.7 Å². The summed E-state index contributed by atoms with van der Waals surface area (Å²) in [4.78, 5) is 36.5. The Labute approximate surface area is 182 Å². The summed E-state index contributed by atoms with van der Waals surface area (Å²) < 4.78 is 2.23. The lowest BCUT2D eigenvalue weighted by molar-refractivity contribution is 0.103. The summed E-state index contributed by atoms with van der Waals surface area (Å²) in [5, 5.41) is 9.16. The Morgan fingerprint density at radius 2 is 2.13 bits per heavy atom. The molecule has 1 N–H and O–H groups in total. The van der Waals surface area contributed by atoms with Crippen LogP contribution in [0.2, 0.25) is 0 Å². The van der Waals surface area contributed by atoms with Gasteiger partial charge in [-0.2, -0.15) is 0 Å². The van der Waals surface area contributed by atoms with Gasteiger partial charge in [0.1, 0.15) is 20.2 Å². The topological polar surface area (TPSA) is 75.8 Å². The van der Waals surface area contributed by atoms with Crippen molar-refractivity contribution in [1.82, 2.24) is 9.38 Å². The largest absolute Gasteiger partial charge is 0.319 e. The lowest BCUT2D eigenvalue weighted by Gasteiger charge is -2.01. The molecule has 0 aliphatic rings. The second kappa shape index (κ2) is 7.42. The van der Waals surface area contributed by atoms with Crippen LogP contribution in [0.4, 0.5) is 10.7 Å². The van der Waals surface area contributed by atoms with Crippen molar-refractivity contribution in [3.8, 4) is 0 Å². The number of aliphatic imine (C=N–C) groups is 1. The minimum atomic E-state index is -0.248. The molecule has 0 bridgehead atoms. The molecular weight excluding hydrogens is 436 g/mol. The number of nitrogens with zero attached hydrogens (tertiary/aromatic N) is 3. The Bertz CT molecular complexity index is 1570. The first kappa shape index (κ1) is 19.1. The van der Waals surface area contributed by atoms with Crippen LogP contribution in [0.5, 0.6) is 0 Å². The van der Waals surface area contributed by atoms with Crippen molar-refractivity contribution in [2.75, 3.05) is 5.32 Å². The highest BCUT2D eigenvalue weighted by Crippen LogP contribution is 2.32. The fourth-order valence-electron chi connectivity index (χ4n) is 3.48. The number of hydrogen-bond acceptors (Lipinski definition) is 7. The highest BCUT2D eigenvalue weighted by molar-refractivity contribution is 7.21. The number of amides is 1. The van der Waals surface area contributed by atoms with E-state index >= 15 is 0 Å². The van der Waals surface area contributed by atoms with Crippen molar-refractivity contribution < 1.29 is 4.79 Å². The maximum atomic E-state index is 13.3. The third-order valence-electron chi connectivity index (χ3n) is 4.72. The molecule has 0 unspecified atom stereocenters. The van der Waals surface area contributed by atoms with Crippen LogP contribution in [-0.4, -0.2) is 21.5 Å².